The second-order valence-corrected chi connectivity index (χ2v) is 19.5. The first kappa shape index (κ1) is 61.9. The van der Waals surface area contributed by atoms with Crippen molar-refractivity contribution in [2.24, 2.45) is 5.92 Å². The molecule has 0 spiro atoms. The number of nitrogens with zero attached hydrogens (tertiary/aromatic N) is 1. The number of rotatable bonds is 50. The molecule has 0 aliphatic rings. The molecule has 0 N–H and O–H groups in total. The van der Waals surface area contributed by atoms with Crippen LogP contribution in [0.2, 0.25) is 0 Å². The Morgan fingerprint density at radius 2 is 0.688 bits per heavy atom. The zero-order valence-electron chi connectivity index (χ0n) is 43.8. The predicted molar refractivity (Wildman–Crippen MR) is 288 cm³/mol. The van der Waals surface area contributed by atoms with Crippen LogP contribution in [0.5, 0.6) is 0 Å². The molecule has 372 valence electrons. The maximum Gasteiger partial charge on any atom is 0.306 e. The molecular weight excluding hydrogens is 779 g/mol. The highest BCUT2D eigenvalue weighted by molar-refractivity contribution is 5.69. The summed E-state index contributed by atoms with van der Waals surface area (Å²) in [4.78, 5) is 15.6. The SMILES string of the molecule is CCCCCC=CCC=CCCCCCCCCC(CCCCCCCC=CCC=CCCCCC)C(CCCCCCCC=CCC=CCCCCC)OC(=O)CCCCN(C)C. The lowest BCUT2D eigenvalue weighted by atomic mass is 9.87. The van der Waals surface area contributed by atoms with Gasteiger partial charge in [-0.3, -0.25) is 4.79 Å². The third-order valence-electron chi connectivity index (χ3n) is 12.8. The second kappa shape index (κ2) is 53.5. The Hall–Kier alpha value is -2.13. The van der Waals surface area contributed by atoms with E-state index < -0.39 is 0 Å². The molecule has 3 nitrogen and oxygen atoms in total. The van der Waals surface area contributed by atoms with Crippen molar-refractivity contribution in [2.45, 2.75) is 284 Å². The third kappa shape index (κ3) is 49.3. The van der Waals surface area contributed by atoms with Crippen LogP contribution in [-0.4, -0.2) is 37.6 Å². The van der Waals surface area contributed by atoms with Gasteiger partial charge in [-0.1, -0.05) is 209 Å². The Balaban J connectivity index is 5.05. The molecule has 0 rings (SSSR count). The summed E-state index contributed by atoms with van der Waals surface area (Å²) in [7, 11) is 4.23. The number of carbonyl (C=O) groups is 1. The van der Waals surface area contributed by atoms with Crippen LogP contribution >= 0.6 is 0 Å². The highest BCUT2D eigenvalue weighted by Gasteiger charge is 2.24. The fourth-order valence-corrected chi connectivity index (χ4v) is 8.60. The van der Waals surface area contributed by atoms with Gasteiger partial charge in [0.2, 0.25) is 0 Å². The molecule has 0 saturated heterocycles. The molecule has 0 aromatic heterocycles. The average molecular weight is 891 g/mol. The summed E-state index contributed by atoms with van der Waals surface area (Å²) < 4.78 is 6.50. The van der Waals surface area contributed by atoms with Crippen molar-refractivity contribution in [3.8, 4) is 0 Å². The van der Waals surface area contributed by atoms with Crippen molar-refractivity contribution in [1.82, 2.24) is 4.90 Å². The van der Waals surface area contributed by atoms with Gasteiger partial charge in [-0.2, -0.15) is 0 Å². The van der Waals surface area contributed by atoms with E-state index in [0.29, 0.717) is 12.3 Å². The van der Waals surface area contributed by atoms with Gasteiger partial charge in [0.1, 0.15) is 6.10 Å². The minimum absolute atomic E-state index is 0.0495. The minimum atomic E-state index is 0.0495. The van der Waals surface area contributed by atoms with Crippen molar-refractivity contribution in [2.75, 3.05) is 20.6 Å². The Kier molecular flexibility index (Phi) is 51.7. The Labute approximate surface area is 402 Å². The minimum Gasteiger partial charge on any atom is -0.462 e. The maximum absolute atomic E-state index is 13.3. The molecule has 2 unspecified atom stereocenters. The van der Waals surface area contributed by atoms with Crippen LogP contribution < -0.4 is 0 Å². The van der Waals surface area contributed by atoms with E-state index in [4.69, 9.17) is 4.74 Å². The summed E-state index contributed by atoms with van der Waals surface area (Å²) in [6.07, 6.45) is 77.6. The predicted octanol–water partition coefficient (Wildman–Crippen LogP) is 20.1. The van der Waals surface area contributed by atoms with Crippen molar-refractivity contribution < 1.29 is 9.53 Å². The fraction of sp³-hybridized carbons (Fsp3) is 0.787. The normalized spacial score (nSPS) is 13.5. The van der Waals surface area contributed by atoms with E-state index in [1.165, 1.54) is 212 Å². The van der Waals surface area contributed by atoms with Crippen LogP contribution in [0.15, 0.2) is 72.9 Å². The first-order valence-corrected chi connectivity index (χ1v) is 28.3. The zero-order valence-corrected chi connectivity index (χ0v) is 43.8. The number of carbonyl (C=O) groups excluding carboxylic acids is 1. The Morgan fingerprint density at radius 1 is 0.375 bits per heavy atom. The van der Waals surface area contributed by atoms with Crippen molar-refractivity contribution in [3.63, 3.8) is 0 Å². The molecule has 0 amide bonds. The van der Waals surface area contributed by atoms with E-state index in [1.807, 2.05) is 0 Å². The smallest absolute Gasteiger partial charge is 0.306 e. The van der Waals surface area contributed by atoms with E-state index in [-0.39, 0.29) is 12.1 Å². The monoisotopic (exact) mass is 890 g/mol. The first-order chi connectivity index (χ1) is 31.5. The molecular formula is C61H111NO2. The van der Waals surface area contributed by atoms with E-state index in [2.05, 4.69) is 113 Å². The van der Waals surface area contributed by atoms with Crippen molar-refractivity contribution in [1.29, 1.82) is 0 Å². The fourth-order valence-electron chi connectivity index (χ4n) is 8.60. The van der Waals surface area contributed by atoms with E-state index in [0.717, 1.165) is 45.1 Å². The second-order valence-electron chi connectivity index (χ2n) is 19.5. The molecule has 0 aromatic rings. The van der Waals surface area contributed by atoms with Gasteiger partial charge in [0.15, 0.2) is 0 Å². The van der Waals surface area contributed by atoms with Crippen LogP contribution in [-0.2, 0) is 9.53 Å². The van der Waals surface area contributed by atoms with Gasteiger partial charge in [-0.25, -0.2) is 0 Å². The number of hydrogen-bond donors (Lipinski definition) is 0. The number of allylic oxidation sites excluding steroid dienone is 12. The van der Waals surface area contributed by atoms with E-state index in [9.17, 15) is 4.79 Å². The van der Waals surface area contributed by atoms with Crippen molar-refractivity contribution >= 4 is 5.97 Å². The Bertz CT molecular complexity index is 1110. The highest BCUT2D eigenvalue weighted by atomic mass is 16.5. The van der Waals surface area contributed by atoms with Crippen LogP contribution in [0.1, 0.15) is 278 Å². The lowest BCUT2D eigenvalue weighted by molar-refractivity contribution is -0.153. The van der Waals surface area contributed by atoms with Gasteiger partial charge in [0.25, 0.3) is 0 Å². The zero-order chi connectivity index (χ0) is 46.5. The average Bonchev–Trinajstić information content (AvgIpc) is 3.29. The number of unbranched alkanes of at least 4 members (excludes halogenated alkanes) is 26. The molecule has 2 atom stereocenters. The number of hydrogen-bond acceptors (Lipinski definition) is 3. The summed E-state index contributed by atoms with van der Waals surface area (Å²) >= 11 is 0. The summed E-state index contributed by atoms with van der Waals surface area (Å²) in [5.41, 5.74) is 0. The van der Waals surface area contributed by atoms with Gasteiger partial charge in [0, 0.05) is 6.42 Å². The van der Waals surface area contributed by atoms with Crippen LogP contribution in [0.4, 0.5) is 0 Å². The number of esters is 1. The van der Waals surface area contributed by atoms with Gasteiger partial charge in [-0.05, 0) is 161 Å². The largest absolute Gasteiger partial charge is 0.462 e. The summed E-state index contributed by atoms with van der Waals surface area (Å²) in [6, 6.07) is 0. The van der Waals surface area contributed by atoms with Crippen LogP contribution in [0.25, 0.3) is 0 Å². The molecule has 0 radical (unpaired) electrons. The van der Waals surface area contributed by atoms with E-state index in [1.54, 1.807) is 0 Å². The standard InChI is InChI=1S/C61H111NO2/c1-6-9-12-15-18-21-24-27-30-33-35-38-41-44-47-50-55-59(54-49-46-43-40-37-34-31-28-25-22-19-16-13-10-7-2)60(64-61(63)57-52-53-58-62(4)5)56-51-48-45-42-39-36-32-29-26-23-20-17-14-11-8-3/h18-23,27-32,59-60H,6-17,24-26,33-58H2,1-5H3. The number of ether oxygens (including phenoxy) is 1. The molecule has 3 heteroatoms. The topological polar surface area (TPSA) is 29.5 Å². The molecule has 0 saturated carbocycles. The van der Waals surface area contributed by atoms with Gasteiger partial charge >= 0.3 is 5.97 Å². The highest BCUT2D eigenvalue weighted by Crippen LogP contribution is 2.28. The van der Waals surface area contributed by atoms with Gasteiger partial charge in [-0.15, -0.1) is 0 Å². The van der Waals surface area contributed by atoms with Gasteiger partial charge in [0.05, 0.1) is 0 Å². The van der Waals surface area contributed by atoms with Crippen LogP contribution in [0, 0.1) is 5.92 Å². The quantitative estimate of drug-likeness (QED) is 0.0346. The van der Waals surface area contributed by atoms with Crippen LogP contribution in [0.3, 0.4) is 0 Å². The lowest BCUT2D eigenvalue weighted by Gasteiger charge is -2.28. The molecule has 64 heavy (non-hydrogen) atoms. The molecule has 0 heterocycles. The molecule has 0 bridgehead atoms. The molecule has 0 aliphatic heterocycles. The summed E-state index contributed by atoms with van der Waals surface area (Å²) in [5.74, 6) is 0.550. The summed E-state index contributed by atoms with van der Waals surface area (Å²) in [6.45, 7) is 7.85. The maximum atomic E-state index is 13.3. The first-order valence-electron chi connectivity index (χ1n) is 28.3. The lowest BCUT2D eigenvalue weighted by Crippen LogP contribution is -2.27. The molecule has 0 aromatic carbocycles. The van der Waals surface area contributed by atoms with Gasteiger partial charge < -0.3 is 9.64 Å². The Morgan fingerprint density at radius 3 is 1.03 bits per heavy atom. The van der Waals surface area contributed by atoms with Crippen molar-refractivity contribution in [3.05, 3.63) is 72.9 Å². The third-order valence-corrected chi connectivity index (χ3v) is 12.8. The molecule has 0 fully saturated rings. The summed E-state index contributed by atoms with van der Waals surface area (Å²) in [5, 5.41) is 0. The van der Waals surface area contributed by atoms with E-state index >= 15 is 0 Å². The molecule has 0 aliphatic carbocycles.